The third-order valence-electron chi connectivity index (χ3n) is 5.00. The molecule has 0 saturated carbocycles. The first-order valence-electron chi connectivity index (χ1n) is 9.37. The number of benzene rings is 2. The van der Waals surface area contributed by atoms with Gasteiger partial charge in [-0.05, 0) is 68.1 Å². The maximum Gasteiger partial charge on any atom is 0.239 e. The van der Waals surface area contributed by atoms with E-state index >= 15 is 0 Å². The highest BCUT2D eigenvalue weighted by Gasteiger charge is 2.37. The number of hydrogen-bond acceptors (Lipinski definition) is 3. The number of nitrogens with zero attached hydrogens (tertiary/aromatic N) is 1. The largest absolute Gasteiger partial charge is 0.494 e. The summed E-state index contributed by atoms with van der Waals surface area (Å²) in [5.74, 6) is -0.184. The van der Waals surface area contributed by atoms with E-state index < -0.39 is 5.92 Å². The van der Waals surface area contributed by atoms with Crippen LogP contribution in [0.1, 0.15) is 30.0 Å². The Hall–Kier alpha value is -2.82. The number of nitrogens with one attached hydrogen (secondary N) is 1. The number of rotatable bonds is 6. The molecule has 2 amide bonds. The molecule has 5 nitrogen and oxygen atoms in total. The zero-order chi connectivity index (χ0) is 19.4. The van der Waals surface area contributed by atoms with Gasteiger partial charge in [0.15, 0.2) is 0 Å². The van der Waals surface area contributed by atoms with Crippen LogP contribution < -0.4 is 15.0 Å². The first kappa shape index (κ1) is 19.0. The lowest BCUT2D eigenvalue weighted by Gasteiger charge is -2.18. The second-order valence-corrected chi connectivity index (χ2v) is 6.90. The van der Waals surface area contributed by atoms with Crippen LogP contribution in [0.2, 0.25) is 0 Å². The van der Waals surface area contributed by atoms with Crippen LogP contribution in [-0.2, 0) is 16.1 Å². The normalized spacial score (nSPS) is 16.5. The average Bonchev–Trinajstić information content (AvgIpc) is 3.04. The monoisotopic (exact) mass is 366 g/mol. The molecule has 5 heteroatoms. The summed E-state index contributed by atoms with van der Waals surface area (Å²) in [6, 6.07) is 13.6. The Morgan fingerprint density at radius 1 is 1.19 bits per heavy atom. The van der Waals surface area contributed by atoms with Gasteiger partial charge >= 0.3 is 0 Å². The van der Waals surface area contributed by atoms with E-state index in [-0.39, 0.29) is 11.8 Å². The maximum atomic E-state index is 12.7. The molecule has 2 aromatic carbocycles. The van der Waals surface area contributed by atoms with Crippen LogP contribution in [0.4, 0.5) is 5.69 Å². The van der Waals surface area contributed by atoms with Crippen LogP contribution in [0.5, 0.6) is 5.75 Å². The predicted molar refractivity (Wildman–Crippen MR) is 106 cm³/mol. The second-order valence-electron chi connectivity index (χ2n) is 6.90. The van der Waals surface area contributed by atoms with Crippen molar-refractivity contribution >= 4 is 17.5 Å². The summed E-state index contributed by atoms with van der Waals surface area (Å²) < 4.78 is 5.48. The molecule has 1 unspecified atom stereocenters. The molecule has 1 aliphatic heterocycles. The zero-order valence-corrected chi connectivity index (χ0v) is 16.1. The van der Waals surface area contributed by atoms with Crippen LogP contribution in [0, 0.1) is 19.8 Å². The van der Waals surface area contributed by atoms with Crippen molar-refractivity contribution in [1.29, 1.82) is 0 Å². The van der Waals surface area contributed by atoms with Crippen molar-refractivity contribution in [3.05, 3.63) is 59.2 Å². The fraction of sp³-hybridized carbons (Fsp3) is 0.364. The van der Waals surface area contributed by atoms with Crippen molar-refractivity contribution in [2.24, 2.45) is 5.92 Å². The minimum atomic E-state index is -0.623. The number of anilines is 1. The Morgan fingerprint density at radius 3 is 2.74 bits per heavy atom. The molecule has 0 radical (unpaired) electrons. The van der Waals surface area contributed by atoms with Gasteiger partial charge in [-0.2, -0.15) is 0 Å². The first-order chi connectivity index (χ1) is 13.0. The van der Waals surface area contributed by atoms with Crippen LogP contribution in [0.25, 0.3) is 0 Å². The molecule has 27 heavy (non-hydrogen) atoms. The van der Waals surface area contributed by atoms with Gasteiger partial charge in [0, 0.05) is 18.8 Å². The highest BCUT2D eigenvalue weighted by molar-refractivity contribution is 6.09. The van der Waals surface area contributed by atoms with Gasteiger partial charge in [-0.1, -0.05) is 18.2 Å². The molecule has 0 bridgehead atoms. The smallest absolute Gasteiger partial charge is 0.239 e. The van der Waals surface area contributed by atoms with Crippen LogP contribution in [0.15, 0.2) is 42.5 Å². The van der Waals surface area contributed by atoms with Crippen molar-refractivity contribution in [2.75, 3.05) is 18.1 Å². The fourth-order valence-corrected chi connectivity index (χ4v) is 3.30. The Balaban J connectivity index is 1.61. The summed E-state index contributed by atoms with van der Waals surface area (Å²) in [7, 11) is 0. The number of amides is 2. The van der Waals surface area contributed by atoms with Gasteiger partial charge in [-0.25, -0.2) is 0 Å². The number of ether oxygens (including phenoxy) is 1. The number of hydrogen-bond donors (Lipinski definition) is 1. The van der Waals surface area contributed by atoms with Crippen LogP contribution in [0.3, 0.4) is 0 Å². The van der Waals surface area contributed by atoms with E-state index in [0.717, 1.165) is 22.6 Å². The second kappa shape index (κ2) is 8.25. The number of carbonyl (C=O) groups is 2. The first-order valence-corrected chi connectivity index (χ1v) is 9.37. The van der Waals surface area contributed by atoms with Gasteiger partial charge in [0.05, 0.1) is 6.61 Å². The van der Waals surface area contributed by atoms with Crippen LogP contribution in [-0.4, -0.2) is 25.0 Å². The van der Waals surface area contributed by atoms with E-state index in [1.807, 2.05) is 63.2 Å². The number of carbonyl (C=O) groups excluding carboxylic acids is 2. The minimum absolute atomic E-state index is 0.126. The Morgan fingerprint density at radius 2 is 2.00 bits per heavy atom. The molecule has 0 aromatic heterocycles. The predicted octanol–water partition coefficient (Wildman–Crippen LogP) is 3.37. The highest BCUT2D eigenvalue weighted by atomic mass is 16.5. The fourth-order valence-electron chi connectivity index (χ4n) is 3.30. The van der Waals surface area contributed by atoms with E-state index in [1.54, 1.807) is 4.90 Å². The minimum Gasteiger partial charge on any atom is -0.494 e. The van der Waals surface area contributed by atoms with Gasteiger partial charge in [0.2, 0.25) is 11.8 Å². The number of aryl methyl sites for hydroxylation is 2. The Labute approximate surface area is 160 Å². The molecule has 1 atom stereocenters. The molecule has 1 aliphatic rings. The summed E-state index contributed by atoms with van der Waals surface area (Å²) >= 11 is 0. The molecule has 1 N–H and O–H groups in total. The van der Waals surface area contributed by atoms with Gasteiger partial charge < -0.3 is 15.0 Å². The summed E-state index contributed by atoms with van der Waals surface area (Å²) in [6.07, 6.45) is 0.538. The summed E-state index contributed by atoms with van der Waals surface area (Å²) in [4.78, 5) is 27.0. The molecule has 2 aromatic rings. The molecule has 1 fully saturated rings. The molecule has 142 valence electrons. The SMILES string of the molecule is CCOc1cccc(CNC(=O)C2CCN(c3ccc(C)c(C)c3)C2=O)c1. The lowest BCUT2D eigenvalue weighted by atomic mass is 10.1. The van der Waals surface area contributed by atoms with Gasteiger partial charge in [-0.3, -0.25) is 9.59 Å². The molecular formula is C22H26N2O3. The third-order valence-corrected chi connectivity index (χ3v) is 5.00. The molecule has 1 heterocycles. The highest BCUT2D eigenvalue weighted by Crippen LogP contribution is 2.27. The molecular weight excluding hydrogens is 340 g/mol. The van der Waals surface area contributed by atoms with Crippen molar-refractivity contribution < 1.29 is 14.3 Å². The van der Waals surface area contributed by atoms with Crippen molar-refractivity contribution in [3.63, 3.8) is 0 Å². The van der Waals surface area contributed by atoms with E-state index in [2.05, 4.69) is 5.32 Å². The summed E-state index contributed by atoms with van der Waals surface area (Å²) in [5.41, 5.74) is 4.14. The molecule has 3 rings (SSSR count). The van der Waals surface area contributed by atoms with Crippen molar-refractivity contribution in [3.8, 4) is 5.75 Å². The van der Waals surface area contributed by atoms with Crippen molar-refractivity contribution in [2.45, 2.75) is 33.7 Å². The maximum absolute atomic E-state index is 12.7. The average molecular weight is 366 g/mol. The quantitative estimate of drug-likeness (QED) is 0.798. The standard InChI is InChI=1S/C22H26N2O3/c1-4-27-19-7-5-6-17(13-19)14-23-21(25)20-10-11-24(22(20)26)18-9-8-15(2)16(3)12-18/h5-9,12-13,20H,4,10-11,14H2,1-3H3,(H,23,25). The van der Waals surface area contributed by atoms with E-state index in [4.69, 9.17) is 4.74 Å². The molecule has 0 spiro atoms. The van der Waals surface area contributed by atoms with Crippen molar-refractivity contribution in [1.82, 2.24) is 5.32 Å². The third kappa shape index (κ3) is 4.30. The van der Waals surface area contributed by atoms with E-state index in [9.17, 15) is 9.59 Å². The molecule has 1 saturated heterocycles. The molecule has 0 aliphatic carbocycles. The van der Waals surface area contributed by atoms with E-state index in [1.165, 1.54) is 5.56 Å². The van der Waals surface area contributed by atoms with Gasteiger partial charge in [0.25, 0.3) is 0 Å². The Bertz CT molecular complexity index is 847. The van der Waals surface area contributed by atoms with Gasteiger partial charge in [0.1, 0.15) is 11.7 Å². The van der Waals surface area contributed by atoms with Crippen LogP contribution >= 0.6 is 0 Å². The van der Waals surface area contributed by atoms with E-state index in [0.29, 0.717) is 26.1 Å². The van der Waals surface area contributed by atoms with Gasteiger partial charge in [-0.15, -0.1) is 0 Å². The lowest BCUT2D eigenvalue weighted by Crippen LogP contribution is -2.36. The summed E-state index contributed by atoms with van der Waals surface area (Å²) in [6.45, 7) is 7.55. The Kier molecular flexibility index (Phi) is 5.79. The summed E-state index contributed by atoms with van der Waals surface area (Å²) in [5, 5.41) is 2.89. The lowest BCUT2D eigenvalue weighted by molar-refractivity contribution is -0.132. The topological polar surface area (TPSA) is 58.6 Å². The zero-order valence-electron chi connectivity index (χ0n) is 16.1.